The van der Waals surface area contributed by atoms with E-state index in [0.717, 1.165) is 5.01 Å². The van der Waals surface area contributed by atoms with Crippen LogP contribution in [-0.2, 0) is 9.59 Å². The first-order valence-electron chi connectivity index (χ1n) is 5.65. The quantitative estimate of drug-likeness (QED) is 0.751. The summed E-state index contributed by atoms with van der Waals surface area (Å²) in [6.07, 6.45) is 5.19. The number of aliphatic carboxylic acids is 1. The molecule has 19 heavy (non-hydrogen) atoms. The number of carbonyl (C=O) groups is 2. The summed E-state index contributed by atoms with van der Waals surface area (Å²) in [4.78, 5) is 26.7. The number of thioether (sulfide) groups is 1. The molecular formula is C12H16N2O3S2. The van der Waals surface area contributed by atoms with E-state index in [-0.39, 0.29) is 0 Å². The molecule has 0 saturated carbocycles. The van der Waals surface area contributed by atoms with E-state index in [0.29, 0.717) is 17.9 Å². The molecule has 1 atom stereocenters. The Balaban J connectivity index is 2.52. The summed E-state index contributed by atoms with van der Waals surface area (Å²) in [7, 11) is 0. The third-order valence-corrected chi connectivity index (χ3v) is 3.70. The molecule has 0 radical (unpaired) electrons. The van der Waals surface area contributed by atoms with Gasteiger partial charge in [-0.2, -0.15) is 11.8 Å². The van der Waals surface area contributed by atoms with E-state index in [9.17, 15) is 9.59 Å². The highest BCUT2D eigenvalue weighted by atomic mass is 32.2. The van der Waals surface area contributed by atoms with E-state index >= 15 is 0 Å². The van der Waals surface area contributed by atoms with Gasteiger partial charge < -0.3 is 10.4 Å². The van der Waals surface area contributed by atoms with Gasteiger partial charge in [-0.15, -0.1) is 11.3 Å². The molecule has 2 N–H and O–H groups in total. The van der Waals surface area contributed by atoms with E-state index in [4.69, 9.17) is 5.11 Å². The number of carboxylic acids is 1. The Morgan fingerprint density at radius 1 is 1.63 bits per heavy atom. The Labute approximate surface area is 120 Å². The molecule has 7 heteroatoms. The highest BCUT2D eigenvalue weighted by molar-refractivity contribution is 7.98. The van der Waals surface area contributed by atoms with E-state index < -0.39 is 17.9 Å². The minimum absolute atomic E-state index is 0.409. The number of aryl methyl sites for hydroxylation is 1. The maximum Gasteiger partial charge on any atom is 0.326 e. The second-order valence-electron chi connectivity index (χ2n) is 3.81. The van der Waals surface area contributed by atoms with E-state index in [1.165, 1.54) is 17.4 Å². The predicted molar refractivity (Wildman–Crippen MR) is 78.5 cm³/mol. The number of thiazole rings is 1. The van der Waals surface area contributed by atoms with Crippen molar-refractivity contribution in [3.05, 3.63) is 22.2 Å². The summed E-state index contributed by atoms with van der Waals surface area (Å²) in [5.41, 5.74) is 0.702. The van der Waals surface area contributed by atoms with Gasteiger partial charge in [-0.25, -0.2) is 9.78 Å². The van der Waals surface area contributed by atoms with Crippen LogP contribution in [0.3, 0.4) is 0 Å². The van der Waals surface area contributed by atoms with Gasteiger partial charge in [0.2, 0.25) is 5.91 Å². The van der Waals surface area contributed by atoms with E-state index in [2.05, 4.69) is 10.3 Å². The molecule has 1 aromatic rings. The number of amides is 1. The maximum atomic E-state index is 11.6. The molecule has 1 unspecified atom stereocenters. The zero-order valence-corrected chi connectivity index (χ0v) is 12.4. The molecule has 0 fully saturated rings. The second kappa shape index (κ2) is 7.96. The molecule has 0 spiro atoms. The van der Waals surface area contributed by atoms with Crippen LogP contribution in [0.2, 0.25) is 0 Å². The van der Waals surface area contributed by atoms with Crippen molar-refractivity contribution >= 4 is 41.1 Å². The van der Waals surface area contributed by atoms with Crippen LogP contribution in [0.4, 0.5) is 0 Å². The van der Waals surface area contributed by atoms with Crippen LogP contribution in [0.5, 0.6) is 0 Å². The Bertz CT molecular complexity index is 471. The van der Waals surface area contributed by atoms with Gasteiger partial charge in [0.1, 0.15) is 6.04 Å². The van der Waals surface area contributed by atoms with Crippen LogP contribution in [0.1, 0.15) is 17.1 Å². The second-order valence-corrected chi connectivity index (χ2v) is 5.85. The number of hydrogen-bond donors (Lipinski definition) is 2. The van der Waals surface area contributed by atoms with Crippen LogP contribution in [0, 0.1) is 6.92 Å². The Morgan fingerprint density at radius 2 is 2.37 bits per heavy atom. The van der Waals surface area contributed by atoms with E-state index in [1.807, 2.05) is 18.6 Å². The van der Waals surface area contributed by atoms with Crippen LogP contribution in [0.15, 0.2) is 11.5 Å². The number of hydrogen-bond acceptors (Lipinski definition) is 5. The van der Waals surface area contributed by atoms with Gasteiger partial charge in [0, 0.05) is 11.5 Å². The predicted octanol–water partition coefficient (Wildman–Crippen LogP) is 1.79. The van der Waals surface area contributed by atoms with Gasteiger partial charge in [0.15, 0.2) is 0 Å². The standard InChI is InChI=1S/C12H16N2O3S2/c1-8-13-9(7-19-8)3-4-11(15)14-10(12(16)17)5-6-18-2/h3-4,7,10H,5-6H2,1-2H3,(H,14,15)(H,16,17)/b4-3+. The molecule has 0 aliphatic carbocycles. The fourth-order valence-corrected chi connectivity index (χ4v) is 2.38. The lowest BCUT2D eigenvalue weighted by Gasteiger charge is -2.12. The number of carbonyl (C=O) groups excluding carboxylic acids is 1. The lowest BCUT2D eigenvalue weighted by atomic mass is 10.2. The van der Waals surface area contributed by atoms with Crippen molar-refractivity contribution in [3.63, 3.8) is 0 Å². The third-order valence-electron chi connectivity index (χ3n) is 2.27. The summed E-state index contributed by atoms with van der Waals surface area (Å²) in [6.45, 7) is 1.88. The number of nitrogens with zero attached hydrogens (tertiary/aromatic N) is 1. The third kappa shape index (κ3) is 5.89. The van der Waals surface area contributed by atoms with Gasteiger partial charge in [0.05, 0.1) is 10.7 Å². The molecule has 1 amide bonds. The molecule has 0 aliphatic heterocycles. The fraction of sp³-hybridized carbons (Fsp3) is 0.417. The molecular weight excluding hydrogens is 284 g/mol. The van der Waals surface area contributed by atoms with Crippen molar-refractivity contribution in [3.8, 4) is 0 Å². The summed E-state index contributed by atoms with van der Waals surface area (Å²) < 4.78 is 0. The van der Waals surface area contributed by atoms with Crippen LogP contribution < -0.4 is 5.32 Å². The first-order valence-corrected chi connectivity index (χ1v) is 7.92. The summed E-state index contributed by atoms with van der Waals surface area (Å²) in [6, 6.07) is -0.846. The number of aromatic nitrogens is 1. The normalized spacial score (nSPS) is 12.5. The Hall–Kier alpha value is -1.34. The first kappa shape index (κ1) is 15.7. The van der Waals surface area contributed by atoms with Crippen molar-refractivity contribution in [2.45, 2.75) is 19.4 Å². The minimum Gasteiger partial charge on any atom is -0.480 e. The van der Waals surface area contributed by atoms with Crippen molar-refractivity contribution in [1.29, 1.82) is 0 Å². The average Bonchev–Trinajstić information content (AvgIpc) is 2.77. The lowest BCUT2D eigenvalue weighted by Crippen LogP contribution is -2.40. The summed E-state index contributed by atoms with van der Waals surface area (Å²) in [5, 5.41) is 14.2. The fourth-order valence-electron chi connectivity index (χ4n) is 1.33. The number of carboxylic acid groups (broad SMARTS) is 1. The molecule has 0 bridgehead atoms. The van der Waals surface area contributed by atoms with Crippen molar-refractivity contribution in [2.24, 2.45) is 0 Å². The summed E-state index contributed by atoms with van der Waals surface area (Å²) >= 11 is 3.04. The van der Waals surface area contributed by atoms with Crippen LogP contribution in [0.25, 0.3) is 6.08 Å². The highest BCUT2D eigenvalue weighted by Crippen LogP contribution is 2.09. The van der Waals surface area contributed by atoms with E-state index in [1.54, 1.807) is 17.8 Å². The minimum atomic E-state index is -1.01. The van der Waals surface area contributed by atoms with Gasteiger partial charge >= 0.3 is 5.97 Å². The van der Waals surface area contributed by atoms with Gasteiger partial charge in [-0.3, -0.25) is 4.79 Å². The number of rotatable bonds is 7. The monoisotopic (exact) mass is 300 g/mol. The smallest absolute Gasteiger partial charge is 0.326 e. The molecule has 0 aromatic carbocycles. The first-order chi connectivity index (χ1) is 9.02. The Kier molecular flexibility index (Phi) is 6.58. The summed E-state index contributed by atoms with van der Waals surface area (Å²) in [5.74, 6) is -0.744. The van der Waals surface area contributed by atoms with Crippen molar-refractivity contribution in [1.82, 2.24) is 10.3 Å². The topological polar surface area (TPSA) is 79.3 Å². The van der Waals surface area contributed by atoms with Crippen molar-refractivity contribution < 1.29 is 14.7 Å². The van der Waals surface area contributed by atoms with Gasteiger partial charge in [-0.1, -0.05) is 0 Å². The van der Waals surface area contributed by atoms with Crippen molar-refractivity contribution in [2.75, 3.05) is 12.0 Å². The molecule has 104 valence electrons. The lowest BCUT2D eigenvalue weighted by molar-refractivity contribution is -0.141. The van der Waals surface area contributed by atoms with Crippen LogP contribution >= 0.6 is 23.1 Å². The molecule has 1 heterocycles. The SMILES string of the molecule is CSCCC(NC(=O)/C=C/c1csc(C)n1)C(=O)O. The van der Waals surface area contributed by atoms with Gasteiger partial charge in [-0.05, 0) is 31.4 Å². The number of nitrogens with one attached hydrogen (secondary N) is 1. The maximum absolute atomic E-state index is 11.6. The molecule has 0 aliphatic rings. The largest absolute Gasteiger partial charge is 0.480 e. The van der Waals surface area contributed by atoms with Gasteiger partial charge in [0.25, 0.3) is 0 Å². The Morgan fingerprint density at radius 3 is 2.89 bits per heavy atom. The molecule has 1 aromatic heterocycles. The zero-order valence-electron chi connectivity index (χ0n) is 10.8. The average molecular weight is 300 g/mol. The highest BCUT2D eigenvalue weighted by Gasteiger charge is 2.17. The molecule has 1 rings (SSSR count). The zero-order chi connectivity index (χ0) is 14.3. The van der Waals surface area contributed by atoms with Crippen LogP contribution in [-0.4, -0.2) is 40.0 Å². The molecule has 5 nitrogen and oxygen atoms in total. The molecule has 0 saturated heterocycles.